The van der Waals surface area contributed by atoms with Crippen LogP contribution >= 0.6 is 0 Å². The first kappa shape index (κ1) is 16.3. The van der Waals surface area contributed by atoms with Crippen molar-refractivity contribution in [3.63, 3.8) is 0 Å². The van der Waals surface area contributed by atoms with E-state index in [1.807, 2.05) is 4.68 Å². The van der Waals surface area contributed by atoms with Gasteiger partial charge in [-0.1, -0.05) is 27.7 Å². The van der Waals surface area contributed by atoms with E-state index < -0.39 is 5.60 Å². The highest BCUT2D eigenvalue weighted by Crippen LogP contribution is 2.55. The molecule has 1 aromatic heterocycles. The van der Waals surface area contributed by atoms with Crippen LogP contribution in [-0.2, 0) is 5.60 Å². The molecule has 21 heavy (non-hydrogen) atoms. The molecule has 0 bridgehead atoms. The predicted octanol–water partition coefficient (Wildman–Crippen LogP) is 3.90. The zero-order chi connectivity index (χ0) is 16.1. The van der Waals surface area contributed by atoms with Crippen molar-refractivity contribution in [2.45, 2.75) is 72.4 Å². The maximum absolute atomic E-state index is 11.5. The second-order valence-electron chi connectivity index (χ2n) is 8.49. The minimum absolute atomic E-state index is 0.0909. The summed E-state index contributed by atoms with van der Waals surface area (Å²) in [4.78, 5) is 0. The maximum Gasteiger partial charge on any atom is 0.162 e. The number of rotatable bonds is 3. The maximum atomic E-state index is 11.5. The van der Waals surface area contributed by atoms with Crippen molar-refractivity contribution in [3.05, 3.63) is 11.9 Å². The van der Waals surface area contributed by atoms with Crippen LogP contribution in [0.4, 0.5) is 0 Å². The van der Waals surface area contributed by atoms with Crippen LogP contribution in [0.3, 0.4) is 0 Å². The summed E-state index contributed by atoms with van der Waals surface area (Å²) in [6.45, 7) is 13.1. The van der Waals surface area contributed by atoms with E-state index in [-0.39, 0.29) is 16.9 Å². The first-order valence-corrected chi connectivity index (χ1v) is 7.84. The average molecular weight is 294 g/mol. The monoisotopic (exact) mass is 294 g/mol. The van der Waals surface area contributed by atoms with E-state index in [0.717, 1.165) is 25.0 Å². The van der Waals surface area contributed by atoms with Crippen LogP contribution < -0.4 is 4.74 Å². The predicted molar refractivity (Wildman–Crippen MR) is 84.5 cm³/mol. The zero-order valence-electron chi connectivity index (χ0n) is 14.5. The number of hydrogen-bond acceptors (Lipinski definition) is 3. The fraction of sp³-hybridized carbons (Fsp3) is 0.824. The van der Waals surface area contributed by atoms with Gasteiger partial charge in [-0.05, 0) is 43.9 Å². The number of aliphatic hydroxyl groups is 1. The normalized spacial score (nSPS) is 23.3. The molecule has 0 spiro atoms. The first-order valence-electron chi connectivity index (χ1n) is 7.84. The zero-order valence-corrected chi connectivity index (χ0v) is 14.5. The lowest BCUT2D eigenvalue weighted by molar-refractivity contribution is -0.0978. The summed E-state index contributed by atoms with van der Waals surface area (Å²) in [5.41, 5.74) is 0.124. The van der Waals surface area contributed by atoms with Gasteiger partial charge in [-0.2, -0.15) is 5.10 Å². The van der Waals surface area contributed by atoms with Crippen LogP contribution in [0.5, 0.6) is 5.75 Å². The molecule has 0 radical (unpaired) electrons. The Kier molecular flexibility index (Phi) is 3.90. The molecule has 1 N–H and O–H groups in total. The third-order valence-electron chi connectivity index (χ3n) is 4.41. The third kappa shape index (κ3) is 3.10. The minimum Gasteiger partial charge on any atom is -0.493 e. The first-order chi connectivity index (χ1) is 9.50. The molecule has 1 saturated carbocycles. The molecule has 4 nitrogen and oxygen atoms in total. The molecule has 1 aliphatic rings. The Bertz CT molecular complexity index is 499. The Morgan fingerprint density at radius 3 is 2.10 bits per heavy atom. The Hall–Kier alpha value is -1.03. The van der Waals surface area contributed by atoms with Crippen molar-refractivity contribution in [2.24, 2.45) is 10.8 Å². The van der Waals surface area contributed by atoms with Gasteiger partial charge >= 0.3 is 0 Å². The summed E-state index contributed by atoms with van der Waals surface area (Å²) in [7, 11) is 1.65. The number of nitrogens with zero attached hydrogens (tertiary/aromatic N) is 2. The smallest absolute Gasteiger partial charge is 0.162 e. The lowest BCUT2D eigenvalue weighted by Gasteiger charge is -2.49. The topological polar surface area (TPSA) is 47.3 Å². The summed E-state index contributed by atoms with van der Waals surface area (Å²) >= 11 is 0. The van der Waals surface area contributed by atoms with E-state index in [2.05, 4.69) is 46.6 Å². The van der Waals surface area contributed by atoms with Crippen LogP contribution in [0.1, 0.15) is 72.5 Å². The van der Waals surface area contributed by atoms with Crippen molar-refractivity contribution in [3.8, 4) is 5.75 Å². The van der Waals surface area contributed by atoms with Gasteiger partial charge in [-0.3, -0.25) is 4.68 Å². The number of ether oxygens (including phenoxy) is 1. The van der Waals surface area contributed by atoms with E-state index in [4.69, 9.17) is 4.74 Å². The number of aromatic nitrogens is 2. The van der Waals surface area contributed by atoms with Crippen molar-refractivity contribution >= 4 is 0 Å². The molecule has 120 valence electrons. The third-order valence-corrected chi connectivity index (χ3v) is 4.41. The highest BCUT2D eigenvalue weighted by Gasteiger charge is 2.50. The van der Waals surface area contributed by atoms with Gasteiger partial charge in [0.2, 0.25) is 0 Å². The highest BCUT2D eigenvalue weighted by molar-refractivity contribution is 5.32. The number of hydrogen-bond donors (Lipinski definition) is 1. The van der Waals surface area contributed by atoms with Gasteiger partial charge in [0.1, 0.15) is 11.3 Å². The molecule has 4 heteroatoms. The summed E-state index contributed by atoms with van der Waals surface area (Å²) in [5.74, 6) is 0.694. The van der Waals surface area contributed by atoms with Crippen molar-refractivity contribution in [2.75, 3.05) is 7.11 Å². The van der Waals surface area contributed by atoms with E-state index >= 15 is 0 Å². The van der Waals surface area contributed by atoms with Crippen molar-refractivity contribution < 1.29 is 9.84 Å². The Morgan fingerprint density at radius 2 is 1.67 bits per heavy atom. The van der Waals surface area contributed by atoms with Crippen molar-refractivity contribution in [1.29, 1.82) is 0 Å². The molecule has 0 aliphatic heterocycles. The van der Waals surface area contributed by atoms with Crippen molar-refractivity contribution in [1.82, 2.24) is 9.78 Å². The molecule has 1 aromatic rings. The summed E-state index contributed by atoms with van der Waals surface area (Å²) in [6, 6.07) is 0.195. The molecule has 0 saturated heterocycles. The Morgan fingerprint density at radius 1 is 1.14 bits per heavy atom. The Labute approximate surface area is 128 Å². The quantitative estimate of drug-likeness (QED) is 0.919. The van der Waals surface area contributed by atoms with Gasteiger partial charge in [0.15, 0.2) is 5.75 Å². The van der Waals surface area contributed by atoms with Gasteiger partial charge in [0.25, 0.3) is 0 Å². The van der Waals surface area contributed by atoms with E-state index in [1.165, 1.54) is 0 Å². The second-order valence-corrected chi connectivity index (χ2v) is 8.49. The molecule has 0 unspecified atom stereocenters. The molecular formula is C17H30N2O2. The fourth-order valence-corrected chi connectivity index (χ4v) is 4.56. The molecule has 1 aliphatic carbocycles. The lowest BCUT2D eigenvalue weighted by atomic mass is 9.59. The standard InChI is InChI=1S/C17H30N2O2/c1-12(2)19-14(13(21-7)8-18-19)17(20)10-15(3,4)9-16(5,6)11-17/h8,12,20H,9-11H2,1-7H3. The van der Waals surface area contributed by atoms with Crippen LogP contribution in [-0.4, -0.2) is 22.0 Å². The number of methoxy groups -OCH3 is 1. The summed E-state index contributed by atoms with van der Waals surface area (Å²) in [5, 5.41) is 15.9. The Balaban J connectivity index is 2.55. The van der Waals surface area contributed by atoms with Crippen LogP contribution in [0.15, 0.2) is 6.20 Å². The molecule has 2 rings (SSSR count). The van der Waals surface area contributed by atoms with Gasteiger partial charge in [0.05, 0.1) is 13.3 Å². The molecule has 0 aromatic carbocycles. The molecular weight excluding hydrogens is 264 g/mol. The SMILES string of the molecule is COc1cnn(C(C)C)c1C1(O)CC(C)(C)CC(C)(C)C1. The lowest BCUT2D eigenvalue weighted by Crippen LogP contribution is -2.45. The van der Waals surface area contributed by atoms with Crippen LogP contribution in [0.2, 0.25) is 0 Å². The van der Waals surface area contributed by atoms with Crippen LogP contribution in [0, 0.1) is 10.8 Å². The van der Waals surface area contributed by atoms with Gasteiger partial charge in [-0.25, -0.2) is 0 Å². The van der Waals surface area contributed by atoms with Gasteiger partial charge in [0, 0.05) is 6.04 Å². The molecule has 0 atom stereocenters. The summed E-state index contributed by atoms with van der Waals surface area (Å²) < 4.78 is 7.40. The van der Waals surface area contributed by atoms with Gasteiger partial charge < -0.3 is 9.84 Å². The summed E-state index contributed by atoms with van der Waals surface area (Å²) in [6.07, 6.45) is 4.30. The van der Waals surface area contributed by atoms with E-state index in [9.17, 15) is 5.11 Å². The highest BCUT2D eigenvalue weighted by atomic mass is 16.5. The second kappa shape index (κ2) is 5.01. The van der Waals surface area contributed by atoms with E-state index in [0.29, 0.717) is 5.75 Å². The van der Waals surface area contributed by atoms with Crippen LogP contribution in [0.25, 0.3) is 0 Å². The largest absolute Gasteiger partial charge is 0.493 e. The minimum atomic E-state index is -0.892. The fourth-order valence-electron chi connectivity index (χ4n) is 4.56. The average Bonchev–Trinajstić information content (AvgIpc) is 2.67. The van der Waals surface area contributed by atoms with E-state index in [1.54, 1.807) is 13.3 Å². The molecule has 1 heterocycles. The molecule has 0 amide bonds. The van der Waals surface area contributed by atoms with Gasteiger partial charge in [-0.15, -0.1) is 0 Å². The molecule has 1 fully saturated rings.